The first-order valence-corrected chi connectivity index (χ1v) is 5.77. The molecule has 1 atom stereocenters. The molecule has 16 heavy (non-hydrogen) atoms. The lowest BCUT2D eigenvalue weighted by molar-refractivity contribution is -0.0737. The third-order valence-corrected chi connectivity index (χ3v) is 3.24. The molecule has 2 heterocycles. The van der Waals surface area contributed by atoms with Crippen LogP contribution in [0.3, 0.4) is 0 Å². The van der Waals surface area contributed by atoms with Crippen molar-refractivity contribution in [1.29, 1.82) is 0 Å². The van der Waals surface area contributed by atoms with Crippen LogP contribution in [0.15, 0.2) is 12.4 Å². The smallest absolute Gasteiger partial charge is 0.0857 e. The molecular formula is C12H21N3O. The Morgan fingerprint density at radius 3 is 2.62 bits per heavy atom. The average Bonchev–Trinajstić information content (AvgIpc) is 2.67. The first-order chi connectivity index (χ1) is 7.34. The molecule has 0 aliphatic carbocycles. The maximum atomic E-state index is 6.05. The Balaban J connectivity index is 2.27. The summed E-state index contributed by atoms with van der Waals surface area (Å²) in [6.07, 6.45) is 4.84. The molecule has 1 unspecified atom stereocenters. The maximum absolute atomic E-state index is 6.05. The van der Waals surface area contributed by atoms with Gasteiger partial charge in [-0.3, -0.25) is 4.68 Å². The number of hydrogen-bond donors (Lipinski definition) is 1. The second-order valence-corrected chi connectivity index (χ2v) is 5.72. The molecule has 1 fully saturated rings. The molecule has 0 radical (unpaired) electrons. The molecule has 0 saturated carbocycles. The number of rotatable bonds is 2. The molecule has 1 aromatic rings. The first-order valence-electron chi connectivity index (χ1n) is 5.77. The first kappa shape index (κ1) is 11.6. The highest BCUT2D eigenvalue weighted by molar-refractivity contribution is 5.06. The summed E-state index contributed by atoms with van der Waals surface area (Å²) in [5.41, 5.74) is 6.41. The van der Waals surface area contributed by atoms with Crippen LogP contribution in [0.2, 0.25) is 0 Å². The molecule has 0 bridgehead atoms. The van der Waals surface area contributed by atoms with Gasteiger partial charge in [0.2, 0.25) is 0 Å². The molecule has 1 saturated heterocycles. The minimum atomic E-state index is -0.179. The number of hydrogen-bond acceptors (Lipinski definition) is 3. The van der Waals surface area contributed by atoms with Gasteiger partial charge in [0.1, 0.15) is 0 Å². The zero-order valence-electron chi connectivity index (χ0n) is 10.5. The van der Waals surface area contributed by atoms with Gasteiger partial charge in [-0.15, -0.1) is 0 Å². The van der Waals surface area contributed by atoms with Gasteiger partial charge in [0.05, 0.1) is 23.4 Å². The quantitative estimate of drug-likeness (QED) is 0.832. The molecule has 2 rings (SSSR count). The molecule has 1 aromatic heterocycles. The third kappa shape index (κ3) is 1.99. The number of ether oxygens (including phenoxy) is 1. The highest BCUT2D eigenvalue weighted by Crippen LogP contribution is 2.44. The topological polar surface area (TPSA) is 53.1 Å². The molecular weight excluding hydrogens is 202 g/mol. The predicted molar refractivity (Wildman–Crippen MR) is 63.0 cm³/mol. The van der Waals surface area contributed by atoms with Crippen molar-refractivity contribution in [3.63, 3.8) is 0 Å². The number of aromatic nitrogens is 2. The van der Waals surface area contributed by atoms with E-state index < -0.39 is 0 Å². The van der Waals surface area contributed by atoms with Gasteiger partial charge in [-0.25, -0.2) is 0 Å². The van der Waals surface area contributed by atoms with E-state index in [1.54, 1.807) is 0 Å². The van der Waals surface area contributed by atoms with Crippen LogP contribution in [0.5, 0.6) is 0 Å². The molecule has 2 N–H and O–H groups in total. The van der Waals surface area contributed by atoms with E-state index in [0.717, 1.165) is 12.0 Å². The van der Waals surface area contributed by atoms with E-state index >= 15 is 0 Å². The zero-order valence-corrected chi connectivity index (χ0v) is 10.5. The number of nitrogens with zero attached hydrogens (tertiary/aromatic N) is 2. The summed E-state index contributed by atoms with van der Waals surface area (Å²) in [6, 6.07) is 0.280. The Hall–Kier alpha value is -0.870. The predicted octanol–water partition coefficient (Wildman–Crippen LogP) is 1.86. The summed E-state index contributed by atoms with van der Waals surface area (Å²) in [5, 5.41) is 4.39. The van der Waals surface area contributed by atoms with Gasteiger partial charge in [0.15, 0.2) is 0 Å². The largest absolute Gasteiger partial charge is 0.367 e. The minimum Gasteiger partial charge on any atom is -0.367 e. The highest BCUT2D eigenvalue weighted by atomic mass is 16.5. The lowest BCUT2D eigenvalue weighted by atomic mass is 9.95. The Kier molecular flexibility index (Phi) is 2.59. The van der Waals surface area contributed by atoms with Crippen molar-refractivity contribution >= 4 is 0 Å². The molecule has 4 heteroatoms. The molecule has 90 valence electrons. The molecule has 0 amide bonds. The van der Waals surface area contributed by atoms with E-state index in [1.807, 2.05) is 17.1 Å². The van der Waals surface area contributed by atoms with Crippen LogP contribution in [0.4, 0.5) is 0 Å². The van der Waals surface area contributed by atoms with Crippen LogP contribution < -0.4 is 5.73 Å². The Morgan fingerprint density at radius 2 is 2.19 bits per heavy atom. The highest BCUT2D eigenvalue weighted by Gasteiger charge is 2.47. The monoisotopic (exact) mass is 223 g/mol. The van der Waals surface area contributed by atoms with Gasteiger partial charge in [-0.2, -0.15) is 5.10 Å². The van der Waals surface area contributed by atoms with Crippen LogP contribution in [-0.2, 0) is 11.3 Å². The lowest BCUT2D eigenvalue weighted by Crippen LogP contribution is -2.31. The van der Waals surface area contributed by atoms with E-state index in [-0.39, 0.29) is 17.2 Å². The van der Waals surface area contributed by atoms with Crippen molar-refractivity contribution in [2.75, 3.05) is 0 Å². The summed E-state index contributed by atoms with van der Waals surface area (Å²) in [7, 11) is 0. The molecule has 0 aromatic carbocycles. The molecule has 4 nitrogen and oxygen atoms in total. The van der Waals surface area contributed by atoms with Gasteiger partial charge in [-0.05, 0) is 27.7 Å². The summed E-state index contributed by atoms with van der Waals surface area (Å²) in [6.45, 7) is 9.04. The van der Waals surface area contributed by atoms with Gasteiger partial charge in [-0.1, -0.05) is 0 Å². The molecule has 1 aliphatic heterocycles. The standard InChI is InChI=1S/C12H21N3O/c1-11(2)5-10(12(3,4)16-11)15-8-9(6-13)7-14-15/h7-8,10H,5-6,13H2,1-4H3. The normalized spacial score (nSPS) is 27.2. The second kappa shape index (κ2) is 3.57. The Bertz CT molecular complexity index is 381. The van der Waals surface area contributed by atoms with Crippen LogP contribution in [0.25, 0.3) is 0 Å². The van der Waals surface area contributed by atoms with Crippen molar-refractivity contribution < 1.29 is 4.74 Å². The molecule has 1 aliphatic rings. The van der Waals surface area contributed by atoms with Crippen molar-refractivity contribution in [3.8, 4) is 0 Å². The minimum absolute atomic E-state index is 0.0804. The average molecular weight is 223 g/mol. The lowest BCUT2D eigenvalue weighted by Gasteiger charge is -2.27. The van der Waals surface area contributed by atoms with Crippen molar-refractivity contribution in [2.24, 2.45) is 5.73 Å². The van der Waals surface area contributed by atoms with Crippen LogP contribution in [0.1, 0.15) is 45.7 Å². The maximum Gasteiger partial charge on any atom is 0.0857 e. The van der Waals surface area contributed by atoms with E-state index in [9.17, 15) is 0 Å². The summed E-state index contributed by atoms with van der Waals surface area (Å²) in [5.74, 6) is 0. The zero-order chi connectivity index (χ0) is 12.0. The van der Waals surface area contributed by atoms with Crippen molar-refractivity contribution in [3.05, 3.63) is 18.0 Å². The van der Waals surface area contributed by atoms with Crippen LogP contribution in [-0.4, -0.2) is 21.0 Å². The van der Waals surface area contributed by atoms with Crippen LogP contribution >= 0.6 is 0 Å². The molecule has 0 spiro atoms. The van der Waals surface area contributed by atoms with E-state index in [4.69, 9.17) is 10.5 Å². The van der Waals surface area contributed by atoms with Crippen molar-refractivity contribution in [2.45, 2.75) is 57.9 Å². The van der Waals surface area contributed by atoms with Gasteiger partial charge in [0, 0.05) is 24.7 Å². The summed E-state index contributed by atoms with van der Waals surface area (Å²) >= 11 is 0. The fourth-order valence-electron chi connectivity index (χ4n) is 2.60. The third-order valence-electron chi connectivity index (χ3n) is 3.24. The van der Waals surface area contributed by atoms with Gasteiger partial charge in [0.25, 0.3) is 0 Å². The van der Waals surface area contributed by atoms with E-state index in [1.165, 1.54) is 0 Å². The van der Waals surface area contributed by atoms with Gasteiger partial charge < -0.3 is 10.5 Å². The van der Waals surface area contributed by atoms with Gasteiger partial charge >= 0.3 is 0 Å². The SMILES string of the molecule is CC1(C)CC(n2cc(CN)cn2)C(C)(C)O1. The summed E-state index contributed by atoms with van der Waals surface area (Å²) in [4.78, 5) is 0. The fraction of sp³-hybridized carbons (Fsp3) is 0.750. The second-order valence-electron chi connectivity index (χ2n) is 5.72. The van der Waals surface area contributed by atoms with E-state index in [2.05, 4.69) is 32.8 Å². The van der Waals surface area contributed by atoms with E-state index in [0.29, 0.717) is 6.54 Å². The summed E-state index contributed by atoms with van der Waals surface area (Å²) < 4.78 is 8.05. The van der Waals surface area contributed by atoms with Crippen molar-refractivity contribution in [1.82, 2.24) is 9.78 Å². The van der Waals surface area contributed by atoms with Crippen LogP contribution in [0, 0.1) is 0 Å². The Morgan fingerprint density at radius 1 is 1.50 bits per heavy atom. The Labute approximate surface area is 96.8 Å². The number of nitrogens with two attached hydrogens (primary N) is 1. The fourth-order valence-corrected chi connectivity index (χ4v) is 2.60.